The second kappa shape index (κ2) is 4.56. The SMILES string of the molecule is CCCC1CCCN1c1ccc(N)cc1. The van der Waals surface area contributed by atoms with E-state index in [2.05, 4.69) is 24.0 Å². The molecular weight excluding hydrogens is 184 g/mol. The summed E-state index contributed by atoms with van der Waals surface area (Å²) in [7, 11) is 0. The predicted molar refractivity (Wildman–Crippen MR) is 66.1 cm³/mol. The highest BCUT2D eigenvalue weighted by Gasteiger charge is 2.23. The topological polar surface area (TPSA) is 29.3 Å². The quantitative estimate of drug-likeness (QED) is 0.767. The van der Waals surface area contributed by atoms with Crippen LogP contribution in [-0.4, -0.2) is 12.6 Å². The molecule has 0 aliphatic carbocycles. The summed E-state index contributed by atoms with van der Waals surface area (Å²) in [6, 6.07) is 9.03. The molecule has 0 spiro atoms. The van der Waals surface area contributed by atoms with Crippen LogP contribution in [0.4, 0.5) is 11.4 Å². The van der Waals surface area contributed by atoms with Crippen molar-refractivity contribution in [3.05, 3.63) is 24.3 Å². The molecule has 15 heavy (non-hydrogen) atoms. The van der Waals surface area contributed by atoms with Crippen molar-refractivity contribution < 1.29 is 0 Å². The molecule has 2 N–H and O–H groups in total. The van der Waals surface area contributed by atoms with Gasteiger partial charge in [-0.1, -0.05) is 13.3 Å². The smallest absolute Gasteiger partial charge is 0.0370 e. The van der Waals surface area contributed by atoms with Gasteiger partial charge in [-0.25, -0.2) is 0 Å². The number of benzene rings is 1. The largest absolute Gasteiger partial charge is 0.399 e. The van der Waals surface area contributed by atoms with Gasteiger partial charge in [0.15, 0.2) is 0 Å². The second-order valence-electron chi connectivity index (χ2n) is 4.37. The Morgan fingerprint density at radius 3 is 2.73 bits per heavy atom. The summed E-state index contributed by atoms with van der Waals surface area (Å²) in [6.45, 7) is 3.47. The lowest BCUT2D eigenvalue weighted by Crippen LogP contribution is -2.28. The van der Waals surface area contributed by atoms with Crippen molar-refractivity contribution in [3.63, 3.8) is 0 Å². The van der Waals surface area contributed by atoms with E-state index in [1.807, 2.05) is 12.1 Å². The summed E-state index contributed by atoms with van der Waals surface area (Å²) in [5.74, 6) is 0. The molecule has 0 radical (unpaired) electrons. The van der Waals surface area contributed by atoms with E-state index in [9.17, 15) is 0 Å². The fraction of sp³-hybridized carbons (Fsp3) is 0.538. The van der Waals surface area contributed by atoms with E-state index in [0.717, 1.165) is 11.7 Å². The van der Waals surface area contributed by atoms with Crippen LogP contribution in [0.3, 0.4) is 0 Å². The molecule has 2 heteroatoms. The van der Waals surface area contributed by atoms with Gasteiger partial charge in [0.1, 0.15) is 0 Å². The van der Waals surface area contributed by atoms with Gasteiger partial charge < -0.3 is 10.6 Å². The molecule has 1 heterocycles. The van der Waals surface area contributed by atoms with Gasteiger partial charge in [-0.2, -0.15) is 0 Å². The first-order chi connectivity index (χ1) is 7.31. The van der Waals surface area contributed by atoms with Crippen LogP contribution in [0, 0.1) is 0 Å². The summed E-state index contributed by atoms with van der Waals surface area (Å²) in [5, 5.41) is 0. The number of anilines is 2. The maximum atomic E-state index is 5.70. The van der Waals surface area contributed by atoms with Gasteiger partial charge in [0, 0.05) is 24.0 Å². The Kier molecular flexibility index (Phi) is 3.14. The van der Waals surface area contributed by atoms with E-state index in [1.54, 1.807) is 0 Å². The third kappa shape index (κ3) is 2.25. The first-order valence-electron chi connectivity index (χ1n) is 5.93. The molecule has 1 saturated heterocycles. The lowest BCUT2D eigenvalue weighted by molar-refractivity contribution is 0.600. The van der Waals surface area contributed by atoms with Crippen LogP contribution in [0.25, 0.3) is 0 Å². The molecule has 1 aromatic carbocycles. The van der Waals surface area contributed by atoms with Crippen LogP contribution in [-0.2, 0) is 0 Å². The Morgan fingerprint density at radius 2 is 2.07 bits per heavy atom. The zero-order valence-corrected chi connectivity index (χ0v) is 9.45. The van der Waals surface area contributed by atoms with Crippen molar-refractivity contribution in [2.45, 2.75) is 38.6 Å². The molecule has 1 aliphatic heterocycles. The summed E-state index contributed by atoms with van der Waals surface area (Å²) in [5.41, 5.74) is 7.89. The lowest BCUT2D eigenvalue weighted by Gasteiger charge is -2.26. The van der Waals surface area contributed by atoms with Crippen molar-refractivity contribution in [3.8, 4) is 0 Å². The number of nitrogens with zero attached hydrogens (tertiary/aromatic N) is 1. The summed E-state index contributed by atoms with van der Waals surface area (Å²) in [6.07, 6.45) is 5.26. The predicted octanol–water partition coefficient (Wildman–Crippen LogP) is 3.04. The normalized spacial score (nSPS) is 20.9. The monoisotopic (exact) mass is 204 g/mol. The molecule has 0 saturated carbocycles. The van der Waals surface area contributed by atoms with E-state index >= 15 is 0 Å². The standard InChI is InChI=1S/C13H20N2/c1-2-4-12-5-3-10-15(12)13-8-6-11(14)7-9-13/h6-9,12H,2-5,10,14H2,1H3. The number of nitrogen functional groups attached to an aromatic ring is 1. The maximum absolute atomic E-state index is 5.70. The molecule has 1 atom stereocenters. The Bertz CT molecular complexity index is 305. The van der Waals surface area contributed by atoms with Gasteiger partial charge in [0.25, 0.3) is 0 Å². The van der Waals surface area contributed by atoms with Gasteiger partial charge in [-0.05, 0) is 43.5 Å². The average molecular weight is 204 g/mol. The lowest BCUT2D eigenvalue weighted by atomic mass is 10.1. The zero-order valence-electron chi connectivity index (χ0n) is 9.45. The van der Waals surface area contributed by atoms with Gasteiger partial charge in [-0.15, -0.1) is 0 Å². The van der Waals surface area contributed by atoms with Crippen LogP contribution in [0.5, 0.6) is 0 Å². The molecule has 1 unspecified atom stereocenters. The second-order valence-corrected chi connectivity index (χ2v) is 4.37. The first-order valence-corrected chi connectivity index (χ1v) is 5.93. The van der Waals surface area contributed by atoms with Gasteiger partial charge >= 0.3 is 0 Å². The fourth-order valence-corrected chi connectivity index (χ4v) is 2.47. The van der Waals surface area contributed by atoms with E-state index in [-0.39, 0.29) is 0 Å². The molecule has 82 valence electrons. The van der Waals surface area contributed by atoms with Crippen LogP contribution in [0.2, 0.25) is 0 Å². The highest BCUT2D eigenvalue weighted by atomic mass is 15.2. The average Bonchev–Trinajstić information content (AvgIpc) is 2.68. The van der Waals surface area contributed by atoms with Crippen molar-refractivity contribution in [2.24, 2.45) is 0 Å². The van der Waals surface area contributed by atoms with Gasteiger partial charge in [-0.3, -0.25) is 0 Å². The molecule has 1 aromatic rings. The zero-order chi connectivity index (χ0) is 10.7. The molecule has 2 nitrogen and oxygen atoms in total. The minimum atomic E-state index is 0.749. The van der Waals surface area contributed by atoms with Crippen LogP contribution in [0.1, 0.15) is 32.6 Å². The Morgan fingerprint density at radius 1 is 1.33 bits per heavy atom. The van der Waals surface area contributed by atoms with Crippen molar-refractivity contribution in [1.29, 1.82) is 0 Å². The Labute approximate surface area is 92.1 Å². The minimum absolute atomic E-state index is 0.749. The maximum Gasteiger partial charge on any atom is 0.0370 e. The number of rotatable bonds is 3. The molecule has 0 bridgehead atoms. The summed E-state index contributed by atoms with van der Waals surface area (Å²) >= 11 is 0. The van der Waals surface area contributed by atoms with Crippen molar-refractivity contribution >= 4 is 11.4 Å². The van der Waals surface area contributed by atoms with Crippen molar-refractivity contribution in [1.82, 2.24) is 0 Å². The van der Waals surface area contributed by atoms with Crippen LogP contribution in [0.15, 0.2) is 24.3 Å². The van der Waals surface area contributed by atoms with E-state index in [4.69, 9.17) is 5.73 Å². The minimum Gasteiger partial charge on any atom is -0.399 e. The van der Waals surface area contributed by atoms with Crippen LogP contribution >= 0.6 is 0 Å². The molecule has 0 amide bonds. The van der Waals surface area contributed by atoms with Crippen molar-refractivity contribution in [2.75, 3.05) is 17.2 Å². The first kappa shape index (κ1) is 10.3. The molecule has 1 fully saturated rings. The summed E-state index contributed by atoms with van der Waals surface area (Å²) < 4.78 is 0. The number of nitrogens with two attached hydrogens (primary N) is 1. The van der Waals surface area contributed by atoms with Gasteiger partial charge in [0.05, 0.1) is 0 Å². The highest BCUT2D eigenvalue weighted by molar-refractivity contribution is 5.54. The summed E-state index contributed by atoms with van der Waals surface area (Å²) in [4.78, 5) is 2.53. The highest BCUT2D eigenvalue weighted by Crippen LogP contribution is 2.28. The van der Waals surface area contributed by atoms with E-state index in [0.29, 0.717) is 0 Å². The molecule has 1 aliphatic rings. The third-order valence-electron chi connectivity index (χ3n) is 3.22. The third-order valence-corrected chi connectivity index (χ3v) is 3.22. The number of hydrogen-bond donors (Lipinski definition) is 1. The van der Waals surface area contributed by atoms with E-state index in [1.165, 1.54) is 37.9 Å². The molecule has 0 aromatic heterocycles. The Hall–Kier alpha value is -1.18. The van der Waals surface area contributed by atoms with Crippen LogP contribution < -0.4 is 10.6 Å². The van der Waals surface area contributed by atoms with E-state index < -0.39 is 0 Å². The number of hydrogen-bond acceptors (Lipinski definition) is 2. The van der Waals surface area contributed by atoms with Gasteiger partial charge in [0.2, 0.25) is 0 Å². The molecule has 2 rings (SSSR count). The fourth-order valence-electron chi connectivity index (χ4n) is 2.47. The molecular formula is C13H20N2. The Balaban J connectivity index is 2.11.